The quantitative estimate of drug-likeness (QED) is 0.583. The van der Waals surface area contributed by atoms with Gasteiger partial charge in [-0.3, -0.25) is 14.5 Å². The molecule has 1 atom stereocenters. The van der Waals surface area contributed by atoms with Crippen molar-refractivity contribution < 1.29 is 13.9 Å². The maximum atomic E-state index is 14.7. The summed E-state index contributed by atoms with van der Waals surface area (Å²) < 4.78 is 21.5. The zero-order valence-corrected chi connectivity index (χ0v) is 19.0. The third-order valence-electron chi connectivity index (χ3n) is 5.77. The van der Waals surface area contributed by atoms with Crippen LogP contribution in [-0.4, -0.2) is 58.4 Å². The van der Waals surface area contributed by atoms with E-state index in [1.165, 1.54) is 4.68 Å². The first-order valence-corrected chi connectivity index (χ1v) is 10.8. The molecule has 2 aromatic heterocycles. The van der Waals surface area contributed by atoms with Crippen LogP contribution in [0.2, 0.25) is 5.02 Å². The standard InChI is InChI=1S/C23H25ClFN5O2/c1-15-13-28(17-7-8-18(24)20(12-17)32-3)10-11-29(15)21(31)14-30-16(2)22(25)23(27-30)19-6-4-5-9-26-19/h4-9,12,15H,10-11,13-14H2,1-3H3/t15-/m0/s1. The predicted octanol–water partition coefficient (Wildman–Crippen LogP) is 3.79. The van der Waals surface area contributed by atoms with Gasteiger partial charge in [0, 0.05) is 43.6 Å². The van der Waals surface area contributed by atoms with Gasteiger partial charge in [-0.2, -0.15) is 5.10 Å². The summed E-state index contributed by atoms with van der Waals surface area (Å²) in [4.78, 5) is 21.2. The number of pyridine rings is 1. The largest absolute Gasteiger partial charge is 0.495 e. The lowest BCUT2D eigenvalue weighted by atomic mass is 10.1. The Morgan fingerprint density at radius 2 is 2.09 bits per heavy atom. The summed E-state index contributed by atoms with van der Waals surface area (Å²) in [6.07, 6.45) is 1.59. The molecular formula is C23H25ClFN5O2. The van der Waals surface area contributed by atoms with Crippen LogP contribution in [-0.2, 0) is 11.3 Å². The van der Waals surface area contributed by atoms with Crippen LogP contribution >= 0.6 is 11.6 Å². The number of benzene rings is 1. The minimum Gasteiger partial charge on any atom is -0.495 e. The summed E-state index contributed by atoms with van der Waals surface area (Å²) >= 11 is 6.14. The van der Waals surface area contributed by atoms with Crippen molar-refractivity contribution in [3.63, 3.8) is 0 Å². The van der Waals surface area contributed by atoms with Crippen molar-refractivity contribution in [3.05, 3.63) is 59.1 Å². The number of piperazine rings is 1. The second-order valence-electron chi connectivity index (χ2n) is 7.82. The summed E-state index contributed by atoms with van der Waals surface area (Å²) in [5.41, 5.74) is 1.92. The van der Waals surface area contributed by atoms with Gasteiger partial charge in [-0.15, -0.1) is 0 Å². The summed E-state index contributed by atoms with van der Waals surface area (Å²) in [6.45, 7) is 5.51. The SMILES string of the molecule is COc1cc(N2CCN(C(=O)Cn3nc(-c4ccccn4)c(F)c3C)[C@@H](C)C2)ccc1Cl. The Hall–Kier alpha value is -3.13. The van der Waals surface area contributed by atoms with Crippen LogP contribution in [0.1, 0.15) is 12.6 Å². The normalized spacial score (nSPS) is 16.3. The van der Waals surface area contributed by atoms with Crippen LogP contribution < -0.4 is 9.64 Å². The number of hydrogen-bond donors (Lipinski definition) is 0. The molecule has 7 nitrogen and oxygen atoms in total. The number of hydrogen-bond acceptors (Lipinski definition) is 5. The van der Waals surface area contributed by atoms with Crippen LogP contribution in [0.5, 0.6) is 5.75 Å². The molecule has 0 unspecified atom stereocenters. The van der Waals surface area contributed by atoms with Gasteiger partial charge >= 0.3 is 0 Å². The summed E-state index contributed by atoms with van der Waals surface area (Å²) in [5, 5.41) is 4.88. The lowest BCUT2D eigenvalue weighted by Gasteiger charge is -2.41. The van der Waals surface area contributed by atoms with E-state index in [0.29, 0.717) is 41.8 Å². The fourth-order valence-electron chi connectivity index (χ4n) is 3.97. The molecule has 0 aliphatic carbocycles. The number of anilines is 1. The fourth-order valence-corrected chi connectivity index (χ4v) is 4.17. The highest BCUT2D eigenvalue weighted by atomic mass is 35.5. The van der Waals surface area contributed by atoms with E-state index in [1.807, 2.05) is 30.0 Å². The Morgan fingerprint density at radius 3 is 2.78 bits per heavy atom. The van der Waals surface area contributed by atoms with E-state index >= 15 is 0 Å². The number of carbonyl (C=O) groups excluding carboxylic acids is 1. The maximum absolute atomic E-state index is 14.7. The van der Waals surface area contributed by atoms with Gasteiger partial charge in [0.1, 0.15) is 18.0 Å². The van der Waals surface area contributed by atoms with E-state index in [9.17, 15) is 9.18 Å². The smallest absolute Gasteiger partial charge is 0.244 e. The van der Waals surface area contributed by atoms with Crippen molar-refractivity contribution in [2.45, 2.75) is 26.4 Å². The minimum absolute atomic E-state index is 0.0192. The number of methoxy groups -OCH3 is 1. The van der Waals surface area contributed by atoms with Gasteiger partial charge in [-0.1, -0.05) is 17.7 Å². The summed E-state index contributed by atoms with van der Waals surface area (Å²) in [7, 11) is 1.59. The van der Waals surface area contributed by atoms with Gasteiger partial charge < -0.3 is 14.5 Å². The van der Waals surface area contributed by atoms with E-state index in [-0.39, 0.29) is 24.2 Å². The number of aromatic nitrogens is 3. The lowest BCUT2D eigenvalue weighted by Crippen LogP contribution is -2.54. The van der Waals surface area contributed by atoms with Crippen molar-refractivity contribution in [2.24, 2.45) is 0 Å². The highest BCUT2D eigenvalue weighted by Gasteiger charge is 2.29. The molecule has 1 fully saturated rings. The molecule has 3 aromatic rings. The summed E-state index contributed by atoms with van der Waals surface area (Å²) in [5.74, 6) is 0.0743. The molecule has 168 valence electrons. The molecule has 0 spiro atoms. The van der Waals surface area contributed by atoms with Gasteiger partial charge in [0.05, 0.1) is 23.5 Å². The van der Waals surface area contributed by atoms with Gasteiger partial charge in [-0.05, 0) is 38.1 Å². The Labute approximate surface area is 191 Å². The van der Waals surface area contributed by atoms with E-state index in [4.69, 9.17) is 16.3 Å². The number of carbonyl (C=O) groups is 1. The van der Waals surface area contributed by atoms with Crippen molar-refractivity contribution in [2.75, 3.05) is 31.6 Å². The molecule has 1 amide bonds. The number of nitrogens with zero attached hydrogens (tertiary/aromatic N) is 5. The molecule has 9 heteroatoms. The van der Waals surface area contributed by atoms with Crippen molar-refractivity contribution in [1.29, 1.82) is 0 Å². The molecule has 0 N–H and O–H groups in total. The van der Waals surface area contributed by atoms with Gasteiger partial charge in [0.25, 0.3) is 0 Å². The van der Waals surface area contributed by atoms with E-state index in [0.717, 1.165) is 5.69 Å². The number of halogens is 2. The first kappa shape index (κ1) is 22.1. The molecule has 32 heavy (non-hydrogen) atoms. The predicted molar refractivity (Wildman–Crippen MR) is 122 cm³/mol. The second-order valence-corrected chi connectivity index (χ2v) is 8.23. The van der Waals surface area contributed by atoms with Crippen molar-refractivity contribution in [3.8, 4) is 17.1 Å². The van der Waals surface area contributed by atoms with Gasteiger partial charge in [0.2, 0.25) is 5.91 Å². The zero-order chi connectivity index (χ0) is 22.8. The highest BCUT2D eigenvalue weighted by Crippen LogP contribution is 2.30. The van der Waals surface area contributed by atoms with Crippen LogP contribution in [0.4, 0.5) is 10.1 Å². The maximum Gasteiger partial charge on any atom is 0.244 e. The first-order chi connectivity index (χ1) is 15.4. The van der Waals surface area contributed by atoms with Gasteiger partial charge in [0.15, 0.2) is 5.82 Å². The third-order valence-corrected chi connectivity index (χ3v) is 6.09. The van der Waals surface area contributed by atoms with E-state index < -0.39 is 5.82 Å². The molecule has 1 aromatic carbocycles. The van der Waals surface area contributed by atoms with Crippen LogP contribution in [0.3, 0.4) is 0 Å². The second kappa shape index (κ2) is 9.16. The van der Waals surface area contributed by atoms with Crippen LogP contribution in [0.25, 0.3) is 11.4 Å². The molecule has 1 aliphatic heterocycles. The minimum atomic E-state index is -0.453. The Kier molecular flexibility index (Phi) is 6.32. The number of ether oxygens (including phenoxy) is 1. The lowest BCUT2D eigenvalue weighted by molar-refractivity contribution is -0.134. The molecule has 3 heterocycles. The topological polar surface area (TPSA) is 63.5 Å². The monoisotopic (exact) mass is 457 g/mol. The molecular weight excluding hydrogens is 433 g/mol. The highest BCUT2D eigenvalue weighted by molar-refractivity contribution is 6.32. The van der Waals surface area contributed by atoms with Gasteiger partial charge in [-0.25, -0.2) is 4.39 Å². The van der Waals surface area contributed by atoms with Crippen LogP contribution in [0, 0.1) is 12.7 Å². The van der Waals surface area contributed by atoms with E-state index in [2.05, 4.69) is 15.0 Å². The van der Waals surface area contributed by atoms with E-state index in [1.54, 1.807) is 38.4 Å². The average Bonchev–Trinajstić information content (AvgIpc) is 3.08. The van der Waals surface area contributed by atoms with Crippen molar-refractivity contribution in [1.82, 2.24) is 19.7 Å². The molecule has 0 saturated carbocycles. The molecule has 4 rings (SSSR count). The molecule has 0 bridgehead atoms. The molecule has 1 aliphatic rings. The van der Waals surface area contributed by atoms with Crippen molar-refractivity contribution >= 4 is 23.2 Å². The summed E-state index contributed by atoms with van der Waals surface area (Å²) in [6, 6.07) is 10.9. The first-order valence-electron chi connectivity index (χ1n) is 10.4. The fraction of sp³-hybridized carbons (Fsp3) is 0.348. The number of rotatable bonds is 5. The number of amides is 1. The Balaban J connectivity index is 1.45. The Morgan fingerprint density at radius 1 is 1.28 bits per heavy atom. The average molecular weight is 458 g/mol. The van der Waals surface area contributed by atoms with Crippen LogP contribution in [0.15, 0.2) is 42.6 Å². The Bertz CT molecular complexity index is 1120. The third kappa shape index (κ3) is 4.27. The molecule has 0 radical (unpaired) electrons. The zero-order valence-electron chi connectivity index (χ0n) is 18.3. The molecule has 1 saturated heterocycles.